The molecule has 0 aromatic heterocycles. The largest absolute Gasteiger partial charge is 0.324 e. The molecule has 3 aromatic rings. The Morgan fingerprint density at radius 1 is 1.06 bits per heavy atom. The summed E-state index contributed by atoms with van der Waals surface area (Å²) in [5.41, 5.74) is 0.355. The van der Waals surface area contributed by atoms with Crippen LogP contribution in [0.15, 0.2) is 66.7 Å². The van der Waals surface area contributed by atoms with Crippen LogP contribution in [0.4, 0.5) is 14.5 Å². The summed E-state index contributed by atoms with van der Waals surface area (Å²) < 4.78 is 27.9. The molecule has 0 aliphatic carbocycles. The molecule has 0 radical (unpaired) electrons. The highest BCUT2D eigenvalue weighted by molar-refractivity contribution is 6.31. The topological polar surface area (TPSA) is 49.4 Å². The van der Waals surface area contributed by atoms with Crippen molar-refractivity contribution in [3.63, 3.8) is 0 Å². The second-order valence-electron chi connectivity index (χ2n) is 8.37. The quantitative estimate of drug-likeness (QED) is 0.462. The van der Waals surface area contributed by atoms with Crippen molar-refractivity contribution in [1.82, 2.24) is 4.90 Å². The number of anilines is 1. The third kappa shape index (κ3) is 4.82. The number of carbonyl (C=O) groups excluding carboxylic acids is 2. The maximum atomic E-state index is 14.2. The van der Waals surface area contributed by atoms with Crippen LogP contribution in [-0.2, 0) is 11.3 Å². The van der Waals surface area contributed by atoms with Crippen LogP contribution in [0, 0.1) is 11.6 Å². The van der Waals surface area contributed by atoms with Gasteiger partial charge in [-0.25, -0.2) is 8.78 Å². The standard InChI is InChI=1S/C26H23ClF2N2O2/c1-26(12-5-13-31(26)16-18-14-20(28)9-10-22(18)29)25(33)30-23-11-8-19(27)15-21(23)24(32)17-6-3-2-4-7-17/h2-4,6-11,14-15H,5,12-13,16H2,1H3,(H,30,33)/t26-/m1/s1. The van der Waals surface area contributed by atoms with E-state index >= 15 is 0 Å². The van der Waals surface area contributed by atoms with Crippen molar-refractivity contribution in [2.24, 2.45) is 0 Å². The highest BCUT2D eigenvalue weighted by Crippen LogP contribution is 2.33. The molecule has 1 N–H and O–H groups in total. The summed E-state index contributed by atoms with van der Waals surface area (Å²) in [5.74, 6) is -1.62. The molecular formula is C26H23ClF2N2O2. The molecule has 0 unspecified atom stereocenters. The van der Waals surface area contributed by atoms with Crippen molar-refractivity contribution >= 4 is 29.0 Å². The molecule has 1 fully saturated rings. The Morgan fingerprint density at radius 3 is 2.58 bits per heavy atom. The fourth-order valence-corrected chi connectivity index (χ4v) is 4.39. The van der Waals surface area contributed by atoms with Crippen LogP contribution < -0.4 is 5.32 Å². The van der Waals surface area contributed by atoms with Crippen molar-refractivity contribution in [1.29, 1.82) is 0 Å². The number of carbonyl (C=O) groups is 2. The van der Waals surface area contributed by atoms with Crippen molar-refractivity contribution in [3.8, 4) is 0 Å². The zero-order valence-electron chi connectivity index (χ0n) is 18.1. The van der Waals surface area contributed by atoms with Gasteiger partial charge in [0.05, 0.1) is 11.2 Å². The van der Waals surface area contributed by atoms with Gasteiger partial charge in [-0.2, -0.15) is 0 Å². The number of likely N-dealkylation sites (tertiary alicyclic amines) is 1. The summed E-state index contributed by atoms with van der Waals surface area (Å²) in [6, 6.07) is 16.8. The zero-order valence-corrected chi connectivity index (χ0v) is 18.8. The van der Waals surface area contributed by atoms with Gasteiger partial charge in [0.15, 0.2) is 5.78 Å². The van der Waals surface area contributed by atoms with Gasteiger partial charge in [0.2, 0.25) is 5.91 Å². The minimum atomic E-state index is -0.953. The predicted octanol–water partition coefficient (Wildman–Crippen LogP) is 5.84. The third-order valence-electron chi connectivity index (χ3n) is 6.16. The van der Waals surface area contributed by atoms with E-state index < -0.39 is 17.2 Å². The van der Waals surface area contributed by atoms with Gasteiger partial charge in [-0.15, -0.1) is 0 Å². The van der Waals surface area contributed by atoms with E-state index in [1.807, 2.05) is 11.0 Å². The van der Waals surface area contributed by atoms with Gasteiger partial charge in [-0.1, -0.05) is 41.9 Å². The number of nitrogens with one attached hydrogen (secondary N) is 1. The molecule has 3 aromatic carbocycles. The molecule has 4 rings (SSSR count). The molecule has 0 bridgehead atoms. The molecule has 7 heteroatoms. The fourth-order valence-electron chi connectivity index (χ4n) is 4.22. The van der Waals surface area contributed by atoms with Crippen LogP contribution in [0.2, 0.25) is 5.02 Å². The van der Waals surface area contributed by atoms with Gasteiger partial charge >= 0.3 is 0 Å². The van der Waals surface area contributed by atoms with Crippen LogP contribution in [0.25, 0.3) is 0 Å². The van der Waals surface area contributed by atoms with Crippen molar-refractivity contribution in [2.45, 2.75) is 31.8 Å². The van der Waals surface area contributed by atoms with Crippen LogP contribution in [0.3, 0.4) is 0 Å². The second kappa shape index (κ2) is 9.41. The lowest BCUT2D eigenvalue weighted by Gasteiger charge is -2.34. The smallest absolute Gasteiger partial charge is 0.244 e. The minimum absolute atomic E-state index is 0.101. The van der Waals surface area contributed by atoms with Crippen LogP contribution in [0.1, 0.15) is 41.3 Å². The number of nitrogens with zero attached hydrogens (tertiary/aromatic N) is 1. The molecule has 1 aliphatic rings. The van der Waals surface area contributed by atoms with Crippen molar-refractivity contribution < 1.29 is 18.4 Å². The highest BCUT2D eigenvalue weighted by atomic mass is 35.5. The summed E-state index contributed by atoms with van der Waals surface area (Å²) in [4.78, 5) is 28.3. The third-order valence-corrected chi connectivity index (χ3v) is 6.39. The summed E-state index contributed by atoms with van der Waals surface area (Å²) in [6.07, 6.45) is 1.28. The number of halogens is 3. The summed E-state index contributed by atoms with van der Waals surface area (Å²) in [6.45, 7) is 2.45. The molecule has 0 spiro atoms. The molecule has 4 nitrogen and oxygen atoms in total. The number of rotatable bonds is 6. The predicted molar refractivity (Wildman–Crippen MR) is 124 cm³/mol. The molecule has 1 aliphatic heterocycles. The van der Waals surface area contributed by atoms with E-state index in [-0.39, 0.29) is 29.4 Å². The van der Waals surface area contributed by atoms with E-state index in [9.17, 15) is 18.4 Å². The Morgan fingerprint density at radius 2 is 1.82 bits per heavy atom. The van der Waals surface area contributed by atoms with Gasteiger partial charge in [0.1, 0.15) is 11.6 Å². The summed E-state index contributed by atoms with van der Waals surface area (Å²) >= 11 is 6.14. The van der Waals surface area contributed by atoms with Gasteiger partial charge in [-0.3, -0.25) is 14.5 Å². The normalized spacial score (nSPS) is 18.3. The van der Waals surface area contributed by atoms with E-state index in [1.165, 1.54) is 6.07 Å². The van der Waals surface area contributed by atoms with Crippen LogP contribution in [0.5, 0.6) is 0 Å². The van der Waals surface area contributed by atoms with Crippen LogP contribution in [-0.4, -0.2) is 28.7 Å². The van der Waals surface area contributed by atoms with Crippen LogP contribution >= 0.6 is 11.6 Å². The molecule has 1 amide bonds. The maximum Gasteiger partial charge on any atom is 0.244 e. The number of hydrogen-bond donors (Lipinski definition) is 1. The Kier molecular flexibility index (Phi) is 6.58. The lowest BCUT2D eigenvalue weighted by molar-refractivity contribution is -0.125. The van der Waals surface area contributed by atoms with E-state index in [2.05, 4.69) is 5.32 Å². The lowest BCUT2D eigenvalue weighted by atomic mass is 9.95. The van der Waals surface area contributed by atoms with Crippen molar-refractivity contribution in [3.05, 3.63) is 100 Å². The van der Waals surface area contributed by atoms with E-state index in [0.29, 0.717) is 29.2 Å². The van der Waals surface area contributed by atoms with E-state index in [0.717, 1.165) is 24.6 Å². The first-order valence-corrected chi connectivity index (χ1v) is 11.1. The van der Waals surface area contributed by atoms with Crippen molar-refractivity contribution in [2.75, 3.05) is 11.9 Å². The minimum Gasteiger partial charge on any atom is -0.324 e. The lowest BCUT2D eigenvalue weighted by Crippen LogP contribution is -2.50. The number of ketones is 1. The first kappa shape index (κ1) is 23.1. The van der Waals surface area contributed by atoms with Gasteiger partial charge < -0.3 is 5.32 Å². The summed E-state index contributed by atoms with van der Waals surface area (Å²) in [7, 11) is 0. The first-order valence-electron chi connectivity index (χ1n) is 10.7. The van der Waals surface area contributed by atoms with E-state index in [1.54, 1.807) is 43.3 Å². The number of hydrogen-bond acceptors (Lipinski definition) is 3. The first-order chi connectivity index (χ1) is 15.8. The number of amides is 1. The average Bonchev–Trinajstić information content (AvgIpc) is 3.19. The van der Waals surface area contributed by atoms with E-state index in [4.69, 9.17) is 11.6 Å². The Bertz CT molecular complexity index is 1200. The molecule has 1 heterocycles. The summed E-state index contributed by atoms with van der Waals surface area (Å²) in [5, 5.41) is 3.26. The molecule has 170 valence electrons. The second-order valence-corrected chi connectivity index (χ2v) is 8.81. The molecular weight excluding hydrogens is 446 g/mol. The molecule has 1 atom stereocenters. The SMILES string of the molecule is C[C@]1(C(=O)Nc2ccc(Cl)cc2C(=O)c2ccccc2)CCCN1Cc1cc(F)ccc1F. The van der Waals surface area contributed by atoms with Gasteiger partial charge in [0.25, 0.3) is 0 Å². The Hall–Kier alpha value is -3.09. The molecule has 33 heavy (non-hydrogen) atoms. The monoisotopic (exact) mass is 468 g/mol. The zero-order chi connectivity index (χ0) is 23.6. The Balaban J connectivity index is 1.60. The maximum absolute atomic E-state index is 14.2. The number of benzene rings is 3. The average molecular weight is 469 g/mol. The fraction of sp³-hybridized carbons (Fsp3) is 0.231. The highest BCUT2D eigenvalue weighted by Gasteiger charge is 2.43. The Labute approximate surface area is 196 Å². The molecule has 0 saturated carbocycles. The van der Waals surface area contributed by atoms with Gasteiger partial charge in [0, 0.05) is 28.3 Å². The van der Waals surface area contributed by atoms with Gasteiger partial charge in [-0.05, 0) is 62.7 Å². The molecule has 1 saturated heterocycles.